The molecule has 0 saturated heterocycles. The molecule has 1 rings (SSSR count). The van der Waals surface area contributed by atoms with Gasteiger partial charge in [-0.15, -0.1) is 12.3 Å². The van der Waals surface area contributed by atoms with Crippen molar-refractivity contribution in [2.45, 2.75) is 25.7 Å². The Bertz CT molecular complexity index is 816. The summed E-state index contributed by atoms with van der Waals surface area (Å²) in [5, 5.41) is 0. The van der Waals surface area contributed by atoms with Crippen molar-refractivity contribution in [3.8, 4) is 12.3 Å². The third-order valence-corrected chi connectivity index (χ3v) is 4.00. The van der Waals surface area contributed by atoms with Crippen LogP contribution in [0.3, 0.4) is 0 Å². The summed E-state index contributed by atoms with van der Waals surface area (Å²) >= 11 is 0. The Morgan fingerprint density at radius 1 is 0.786 bits per heavy atom. The van der Waals surface area contributed by atoms with Crippen molar-refractivity contribution in [3.05, 3.63) is 33.9 Å². The SMILES string of the molecule is C#CCCCCc1cc(C(=O)OC)c(C(=O)OC)c(C(=O)OC)c1C(=O)OC. The van der Waals surface area contributed by atoms with Crippen molar-refractivity contribution in [1.29, 1.82) is 0 Å². The van der Waals surface area contributed by atoms with Crippen LogP contribution in [0, 0.1) is 12.3 Å². The first-order valence-electron chi connectivity index (χ1n) is 8.34. The highest BCUT2D eigenvalue weighted by Gasteiger charge is 2.34. The van der Waals surface area contributed by atoms with Gasteiger partial charge >= 0.3 is 23.9 Å². The molecular formula is C20H22O8. The van der Waals surface area contributed by atoms with E-state index >= 15 is 0 Å². The smallest absolute Gasteiger partial charge is 0.339 e. The van der Waals surface area contributed by atoms with Gasteiger partial charge in [0.15, 0.2) is 0 Å². The number of carbonyl (C=O) groups excluding carboxylic acids is 4. The van der Waals surface area contributed by atoms with Gasteiger partial charge in [-0.05, 0) is 30.9 Å². The molecule has 0 spiro atoms. The summed E-state index contributed by atoms with van der Waals surface area (Å²) < 4.78 is 19.0. The van der Waals surface area contributed by atoms with Crippen LogP contribution in [0.4, 0.5) is 0 Å². The molecule has 1 aromatic rings. The van der Waals surface area contributed by atoms with Gasteiger partial charge < -0.3 is 18.9 Å². The number of ether oxygens (including phenoxy) is 4. The topological polar surface area (TPSA) is 105 Å². The minimum atomic E-state index is -0.996. The quantitative estimate of drug-likeness (QED) is 0.288. The zero-order valence-corrected chi connectivity index (χ0v) is 16.2. The molecular weight excluding hydrogens is 368 g/mol. The lowest BCUT2D eigenvalue weighted by Crippen LogP contribution is -2.24. The lowest BCUT2D eigenvalue weighted by atomic mass is 9.88. The highest BCUT2D eigenvalue weighted by Crippen LogP contribution is 2.28. The molecule has 0 radical (unpaired) electrons. The number of carbonyl (C=O) groups is 4. The van der Waals surface area contributed by atoms with Crippen LogP contribution < -0.4 is 0 Å². The monoisotopic (exact) mass is 390 g/mol. The average molecular weight is 390 g/mol. The molecule has 8 heteroatoms. The van der Waals surface area contributed by atoms with E-state index in [1.54, 1.807) is 0 Å². The third-order valence-electron chi connectivity index (χ3n) is 4.00. The number of rotatable bonds is 8. The minimum absolute atomic E-state index is 0.164. The molecule has 0 aliphatic rings. The molecule has 0 aromatic heterocycles. The second-order valence-corrected chi connectivity index (χ2v) is 5.59. The van der Waals surface area contributed by atoms with E-state index in [2.05, 4.69) is 5.92 Å². The molecule has 28 heavy (non-hydrogen) atoms. The predicted molar refractivity (Wildman–Crippen MR) is 98.2 cm³/mol. The molecule has 0 atom stereocenters. The summed E-state index contributed by atoms with van der Waals surface area (Å²) in [6.45, 7) is 0. The fraction of sp³-hybridized carbons (Fsp3) is 0.400. The number of hydrogen-bond acceptors (Lipinski definition) is 8. The van der Waals surface area contributed by atoms with Crippen LogP contribution in [-0.4, -0.2) is 52.3 Å². The van der Waals surface area contributed by atoms with Crippen LogP contribution in [0.1, 0.15) is 66.3 Å². The van der Waals surface area contributed by atoms with Crippen molar-refractivity contribution in [2.24, 2.45) is 0 Å². The van der Waals surface area contributed by atoms with Crippen molar-refractivity contribution >= 4 is 23.9 Å². The first-order valence-corrected chi connectivity index (χ1v) is 8.34. The molecule has 0 saturated carbocycles. The Morgan fingerprint density at radius 2 is 1.29 bits per heavy atom. The van der Waals surface area contributed by atoms with Crippen LogP contribution in [0.5, 0.6) is 0 Å². The average Bonchev–Trinajstić information content (AvgIpc) is 2.73. The molecule has 0 aliphatic heterocycles. The summed E-state index contributed by atoms with van der Waals surface area (Å²) in [4.78, 5) is 49.5. The zero-order valence-electron chi connectivity index (χ0n) is 16.2. The Kier molecular flexibility index (Phi) is 8.69. The number of terminal acetylenes is 1. The van der Waals surface area contributed by atoms with Crippen LogP contribution in [-0.2, 0) is 25.4 Å². The normalized spacial score (nSPS) is 9.82. The van der Waals surface area contributed by atoms with Crippen molar-refractivity contribution in [2.75, 3.05) is 28.4 Å². The molecule has 0 N–H and O–H groups in total. The highest BCUT2D eigenvalue weighted by atomic mass is 16.5. The summed E-state index contributed by atoms with van der Waals surface area (Å²) in [6, 6.07) is 1.33. The van der Waals surface area contributed by atoms with Gasteiger partial charge in [0, 0.05) is 6.42 Å². The molecule has 150 valence electrons. The summed E-state index contributed by atoms with van der Waals surface area (Å²) in [5.41, 5.74) is -0.875. The molecule has 0 heterocycles. The largest absolute Gasteiger partial charge is 0.465 e. The predicted octanol–water partition coefficient (Wildman–Crippen LogP) is 2.18. The van der Waals surface area contributed by atoms with Crippen LogP contribution in [0.2, 0.25) is 0 Å². The van der Waals surface area contributed by atoms with Crippen molar-refractivity contribution in [3.63, 3.8) is 0 Å². The van der Waals surface area contributed by atoms with Crippen LogP contribution >= 0.6 is 0 Å². The lowest BCUT2D eigenvalue weighted by Gasteiger charge is -2.18. The third kappa shape index (κ3) is 4.88. The fourth-order valence-electron chi connectivity index (χ4n) is 2.70. The first-order chi connectivity index (χ1) is 13.4. The first kappa shape index (κ1) is 22.7. The van der Waals surface area contributed by atoms with E-state index < -0.39 is 35.0 Å². The van der Waals surface area contributed by atoms with Gasteiger partial charge in [0.2, 0.25) is 0 Å². The Balaban J connectivity index is 3.86. The summed E-state index contributed by atoms with van der Waals surface area (Å²) in [6.07, 6.45) is 7.32. The Labute approximate surface area is 163 Å². The van der Waals surface area contributed by atoms with Gasteiger partial charge in [0.05, 0.1) is 50.7 Å². The molecule has 0 fully saturated rings. The van der Waals surface area contributed by atoms with Gasteiger partial charge in [-0.2, -0.15) is 0 Å². The number of esters is 4. The van der Waals surface area contributed by atoms with E-state index in [9.17, 15) is 19.2 Å². The summed E-state index contributed by atoms with van der Waals surface area (Å²) in [7, 11) is 4.43. The van der Waals surface area contributed by atoms with Gasteiger partial charge in [0.1, 0.15) is 0 Å². The number of methoxy groups -OCH3 is 4. The maximum absolute atomic E-state index is 12.5. The Morgan fingerprint density at radius 3 is 1.79 bits per heavy atom. The van der Waals surface area contributed by atoms with Gasteiger partial charge in [-0.3, -0.25) is 0 Å². The van der Waals surface area contributed by atoms with Gasteiger partial charge in [0.25, 0.3) is 0 Å². The van der Waals surface area contributed by atoms with E-state index in [0.717, 1.165) is 28.4 Å². The maximum atomic E-state index is 12.5. The Hall–Kier alpha value is -3.34. The second kappa shape index (κ2) is 10.7. The zero-order chi connectivity index (χ0) is 21.3. The number of benzene rings is 1. The molecule has 0 aliphatic carbocycles. The van der Waals surface area contributed by atoms with E-state index in [1.165, 1.54) is 6.07 Å². The maximum Gasteiger partial charge on any atom is 0.339 e. The molecule has 0 unspecified atom stereocenters. The number of unbranched alkanes of at least 4 members (excludes halogenated alkanes) is 2. The standard InChI is InChI=1S/C20H22O8/c1-6-7-8-9-10-12-11-13(17(21)25-2)15(19(23)27-4)16(20(24)28-5)14(12)18(22)26-3/h1,11H,7-10H2,2-5H3. The highest BCUT2D eigenvalue weighted by molar-refractivity contribution is 6.15. The van der Waals surface area contributed by atoms with E-state index in [4.69, 9.17) is 25.4 Å². The second-order valence-electron chi connectivity index (χ2n) is 5.59. The number of hydrogen-bond donors (Lipinski definition) is 0. The van der Waals surface area contributed by atoms with Crippen LogP contribution in [0.15, 0.2) is 6.07 Å². The van der Waals surface area contributed by atoms with E-state index in [-0.39, 0.29) is 11.1 Å². The summed E-state index contributed by atoms with van der Waals surface area (Å²) in [5.74, 6) is -1.20. The van der Waals surface area contributed by atoms with Gasteiger partial charge in [-0.25, -0.2) is 19.2 Å². The molecule has 0 bridgehead atoms. The molecule has 1 aromatic carbocycles. The minimum Gasteiger partial charge on any atom is -0.465 e. The van der Waals surface area contributed by atoms with E-state index in [0.29, 0.717) is 31.2 Å². The van der Waals surface area contributed by atoms with E-state index in [1.807, 2.05) is 0 Å². The van der Waals surface area contributed by atoms with Crippen molar-refractivity contribution in [1.82, 2.24) is 0 Å². The van der Waals surface area contributed by atoms with Crippen molar-refractivity contribution < 1.29 is 38.1 Å². The molecule has 0 amide bonds. The fourth-order valence-corrected chi connectivity index (χ4v) is 2.70. The molecule has 8 nitrogen and oxygen atoms in total. The number of aryl methyl sites for hydroxylation is 1. The lowest BCUT2D eigenvalue weighted by molar-refractivity contribution is 0.0520. The van der Waals surface area contributed by atoms with Crippen LogP contribution in [0.25, 0.3) is 0 Å². The van der Waals surface area contributed by atoms with Gasteiger partial charge in [-0.1, -0.05) is 0 Å².